The summed E-state index contributed by atoms with van der Waals surface area (Å²) in [6, 6.07) is 0. The molecular weight excluding hydrogens is 140 g/mol. The van der Waals surface area contributed by atoms with Gasteiger partial charge in [0, 0.05) is 5.41 Å². The van der Waals surface area contributed by atoms with E-state index in [2.05, 4.69) is 0 Å². The minimum absolute atomic E-state index is 0.0390. The molecule has 0 N–H and O–H groups in total. The third-order valence-corrected chi connectivity index (χ3v) is 2.14. The Balaban J connectivity index is 4.21. The van der Waals surface area contributed by atoms with Gasteiger partial charge in [-0.1, -0.05) is 6.92 Å². The van der Waals surface area contributed by atoms with Crippen molar-refractivity contribution in [1.82, 2.24) is 0 Å². The predicted octanol–water partition coefficient (Wildman–Crippen LogP) is 0.134. The van der Waals surface area contributed by atoms with Gasteiger partial charge in [0.15, 0.2) is 9.84 Å². The zero-order valence-corrected chi connectivity index (χ0v) is 5.89. The number of rotatable bonds is 3. The van der Waals surface area contributed by atoms with Crippen molar-refractivity contribution in [2.75, 3.05) is 5.75 Å². The van der Waals surface area contributed by atoms with Crippen molar-refractivity contribution in [3.05, 3.63) is 11.5 Å². The number of sulfone groups is 1. The fourth-order valence-corrected chi connectivity index (χ4v) is 0.744. The Morgan fingerprint density at radius 2 is 2.00 bits per heavy atom. The summed E-state index contributed by atoms with van der Waals surface area (Å²) in [6.07, 6.45) is 1.41. The first-order valence-corrected chi connectivity index (χ1v) is 4.18. The highest BCUT2D eigenvalue weighted by molar-refractivity contribution is 7.94. The van der Waals surface area contributed by atoms with Gasteiger partial charge in [-0.25, -0.2) is 8.42 Å². The molecule has 9 heavy (non-hydrogen) atoms. The molecule has 0 bridgehead atoms. The monoisotopic (exact) mass is 148 g/mol. The molecule has 0 saturated carbocycles. The number of hydrogen-bond donors (Lipinski definition) is 0. The summed E-state index contributed by atoms with van der Waals surface area (Å²) in [5.74, 6) is 0.0390. The first-order valence-electron chi connectivity index (χ1n) is 2.47. The highest BCUT2D eigenvalue weighted by Crippen LogP contribution is 1.88. The van der Waals surface area contributed by atoms with E-state index < -0.39 is 9.84 Å². The van der Waals surface area contributed by atoms with Crippen molar-refractivity contribution in [3.8, 4) is 0 Å². The molecule has 0 aliphatic heterocycles. The molecule has 3 nitrogen and oxygen atoms in total. The van der Waals surface area contributed by atoms with Crippen LogP contribution in [0.15, 0.2) is 11.5 Å². The standard InChI is InChI=1S/C5H8O3S/c1-2-9(7,8)5-3-4-6/h3-5H,2H2,1H3. The second-order valence-corrected chi connectivity index (χ2v) is 3.59. The molecule has 0 amide bonds. The minimum atomic E-state index is -3.09. The van der Waals surface area contributed by atoms with Crippen molar-refractivity contribution < 1.29 is 13.2 Å². The molecule has 0 saturated heterocycles. The van der Waals surface area contributed by atoms with Crippen LogP contribution < -0.4 is 0 Å². The van der Waals surface area contributed by atoms with Crippen molar-refractivity contribution >= 4 is 16.1 Å². The van der Waals surface area contributed by atoms with Gasteiger partial charge < -0.3 is 0 Å². The number of aldehydes is 1. The zero-order valence-electron chi connectivity index (χ0n) is 5.07. The van der Waals surface area contributed by atoms with Gasteiger partial charge in [-0.05, 0) is 6.08 Å². The maximum absolute atomic E-state index is 10.5. The Morgan fingerprint density at radius 1 is 1.44 bits per heavy atom. The van der Waals surface area contributed by atoms with Gasteiger partial charge in [0.05, 0.1) is 5.75 Å². The van der Waals surface area contributed by atoms with E-state index in [1.165, 1.54) is 6.92 Å². The third kappa shape index (κ3) is 3.90. The largest absolute Gasteiger partial charge is 0.299 e. The minimum Gasteiger partial charge on any atom is -0.299 e. The van der Waals surface area contributed by atoms with E-state index in [4.69, 9.17) is 0 Å². The molecule has 0 aliphatic carbocycles. The van der Waals surface area contributed by atoms with Crippen LogP contribution in [0.1, 0.15) is 6.92 Å². The van der Waals surface area contributed by atoms with E-state index in [-0.39, 0.29) is 5.75 Å². The molecule has 52 valence electrons. The molecule has 0 fully saturated rings. The van der Waals surface area contributed by atoms with Crippen LogP contribution in [0.3, 0.4) is 0 Å². The normalized spacial score (nSPS) is 12.1. The summed E-state index contributed by atoms with van der Waals surface area (Å²) in [5.41, 5.74) is 0. The third-order valence-electron chi connectivity index (χ3n) is 0.767. The second-order valence-electron chi connectivity index (χ2n) is 1.42. The smallest absolute Gasteiger partial charge is 0.171 e. The first-order chi connectivity index (χ1) is 4.12. The van der Waals surface area contributed by atoms with Gasteiger partial charge in [0.2, 0.25) is 0 Å². The second kappa shape index (κ2) is 3.40. The van der Waals surface area contributed by atoms with E-state index in [0.29, 0.717) is 6.29 Å². The lowest BCUT2D eigenvalue weighted by molar-refractivity contribution is -0.104. The van der Waals surface area contributed by atoms with E-state index in [1.807, 2.05) is 0 Å². The van der Waals surface area contributed by atoms with Crippen LogP contribution in [0.4, 0.5) is 0 Å². The Hall–Kier alpha value is -0.640. The average molecular weight is 148 g/mol. The molecule has 0 aliphatic rings. The fraction of sp³-hybridized carbons (Fsp3) is 0.400. The number of carbonyl (C=O) groups is 1. The maximum atomic E-state index is 10.5. The maximum Gasteiger partial charge on any atom is 0.171 e. The Morgan fingerprint density at radius 3 is 2.33 bits per heavy atom. The lowest BCUT2D eigenvalue weighted by atomic mass is 10.7. The van der Waals surface area contributed by atoms with E-state index in [1.54, 1.807) is 0 Å². The molecule has 0 aromatic heterocycles. The summed E-state index contributed by atoms with van der Waals surface area (Å²) >= 11 is 0. The summed E-state index contributed by atoms with van der Waals surface area (Å²) in [5, 5.41) is 0.903. The summed E-state index contributed by atoms with van der Waals surface area (Å²) < 4.78 is 21.0. The number of carbonyl (C=O) groups excluding carboxylic acids is 1. The molecule has 0 atom stereocenters. The topological polar surface area (TPSA) is 51.2 Å². The molecular formula is C5H8O3S. The van der Waals surface area contributed by atoms with Crippen molar-refractivity contribution in [1.29, 1.82) is 0 Å². The lowest BCUT2D eigenvalue weighted by Crippen LogP contribution is -1.96. The molecule has 0 radical (unpaired) electrons. The number of allylic oxidation sites excluding steroid dienone is 1. The Kier molecular flexibility index (Phi) is 3.16. The van der Waals surface area contributed by atoms with E-state index >= 15 is 0 Å². The van der Waals surface area contributed by atoms with Crippen molar-refractivity contribution in [2.45, 2.75) is 6.92 Å². The highest BCUT2D eigenvalue weighted by atomic mass is 32.2. The number of hydrogen-bond acceptors (Lipinski definition) is 3. The molecule has 0 unspecified atom stereocenters. The summed E-state index contributed by atoms with van der Waals surface area (Å²) in [4.78, 5) is 9.62. The van der Waals surface area contributed by atoms with Gasteiger partial charge in [-0.15, -0.1) is 0 Å². The summed E-state index contributed by atoms with van der Waals surface area (Å²) in [7, 11) is -3.09. The fourth-order valence-electron chi connectivity index (χ4n) is 0.248. The van der Waals surface area contributed by atoms with Gasteiger partial charge in [-0.3, -0.25) is 4.79 Å². The van der Waals surface area contributed by atoms with Crippen molar-refractivity contribution in [2.24, 2.45) is 0 Å². The van der Waals surface area contributed by atoms with Crippen LogP contribution >= 0.6 is 0 Å². The Bertz CT molecular complexity index is 200. The molecule has 4 heteroatoms. The quantitative estimate of drug-likeness (QED) is 0.422. The van der Waals surface area contributed by atoms with Crippen LogP contribution in [0.2, 0.25) is 0 Å². The predicted molar refractivity (Wildman–Crippen MR) is 34.7 cm³/mol. The van der Waals surface area contributed by atoms with Gasteiger partial charge in [0.1, 0.15) is 6.29 Å². The van der Waals surface area contributed by atoms with Gasteiger partial charge >= 0.3 is 0 Å². The first kappa shape index (κ1) is 8.36. The SMILES string of the molecule is CCS(=O)(=O)C=CC=O. The lowest BCUT2D eigenvalue weighted by Gasteiger charge is -1.85. The molecule has 0 aromatic carbocycles. The molecule has 0 spiro atoms. The van der Waals surface area contributed by atoms with Crippen LogP contribution in [0.25, 0.3) is 0 Å². The van der Waals surface area contributed by atoms with Crippen LogP contribution in [0, 0.1) is 0 Å². The van der Waals surface area contributed by atoms with Gasteiger partial charge in [0.25, 0.3) is 0 Å². The summed E-state index contributed by atoms with van der Waals surface area (Å²) in [6.45, 7) is 1.52. The van der Waals surface area contributed by atoms with Gasteiger partial charge in [-0.2, -0.15) is 0 Å². The average Bonchev–Trinajstić information content (AvgIpc) is 1.84. The van der Waals surface area contributed by atoms with Crippen LogP contribution in [-0.2, 0) is 14.6 Å². The van der Waals surface area contributed by atoms with E-state index in [9.17, 15) is 13.2 Å². The molecule has 0 aromatic rings. The van der Waals surface area contributed by atoms with E-state index in [0.717, 1.165) is 11.5 Å². The van der Waals surface area contributed by atoms with Crippen molar-refractivity contribution in [3.63, 3.8) is 0 Å². The zero-order chi connectivity index (χ0) is 7.33. The molecule has 0 heterocycles. The van der Waals surface area contributed by atoms with Crippen LogP contribution in [0.5, 0.6) is 0 Å². The Labute approximate surface area is 54.3 Å². The highest BCUT2D eigenvalue weighted by Gasteiger charge is 1.97. The molecule has 0 rings (SSSR count). The van der Waals surface area contributed by atoms with Crippen LogP contribution in [-0.4, -0.2) is 20.5 Å².